The molecule has 8 heteroatoms. The number of halogens is 2. The maximum atomic E-state index is 12.3. The molecule has 2 fully saturated rings. The topological polar surface area (TPSA) is 72.8 Å². The summed E-state index contributed by atoms with van der Waals surface area (Å²) in [5.74, 6) is 0.226. The van der Waals surface area contributed by atoms with Crippen LogP contribution in [0.2, 0.25) is 0 Å². The Bertz CT molecular complexity index is 550. The summed E-state index contributed by atoms with van der Waals surface area (Å²) in [5, 5.41) is 22.1. The van der Waals surface area contributed by atoms with Gasteiger partial charge in [-0.1, -0.05) is 30.3 Å². The van der Waals surface area contributed by atoms with E-state index in [0.29, 0.717) is 31.5 Å². The van der Waals surface area contributed by atoms with Gasteiger partial charge in [0, 0.05) is 12.6 Å². The standard InChI is InChI=1S/C18H27BN2O3.2ClH/c22-18(21-10-4-7-17(21)19(23)24)13-20-16-9-8-15(12-16)11-14-5-2-1-3-6-14;;/h1-3,5-6,15-17,20,23-24H,4,7-13H2;2*1H/t15?,16-,17+;;/m1../s1. The SMILES string of the molecule is Cl.Cl.O=C(CN[C@@H]1CCC(Cc2ccccc2)C1)N1CCC[C@H]1B(O)O. The van der Waals surface area contributed by atoms with Gasteiger partial charge < -0.3 is 20.3 Å². The van der Waals surface area contributed by atoms with E-state index in [1.54, 1.807) is 4.90 Å². The van der Waals surface area contributed by atoms with Gasteiger partial charge in [-0.2, -0.15) is 0 Å². The smallest absolute Gasteiger partial charge is 0.426 e. The number of hydrogen-bond acceptors (Lipinski definition) is 4. The van der Waals surface area contributed by atoms with Gasteiger partial charge in [0.15, 0.2) is 0 Å². The van der Waals surface area contributed by atoms with Crippen molar-refractivity contribution in [3.05, 3.63) is 35.9 Å². The lowest BCUT2D eigenvalue weighted by molar-refractivity contribution is -0.130. The van der Waals surface area contributed by atoms with Gasteiger partial charge in [0.25, 0.3) is 0 Å². The van der Waals surface area contributed by atoms with Gasteiger partial charge in [0.05, 0.1) is 12.5 Å². The fourth-order valence-electron chi connectivity index (χ4n) is 4.14. The normalized spacial score (nSPS) is 24.7. The number of amides is 1. The van der Waals surface area contributed by atoms with Crippen molar-refractivity contribution in [2.24, 2.45) is 5.92 Å². The third-order valence-corrected chi connectivity index (χ3v) is 5.41. The third-order valence-electron chi connectivity index (χ3n) is 5.41. The molecule has 3 atom stereocenters. The van der Waals surface area contributed by atoms with Gasteiger partial charge in [-0.05, 0) is 50.0 Å². The van der Waals surface area contributed by atoms with Crippen LogP contribution in [0, 0.1) is 5.92 Å². The van der Waals surface area contributed by atoms with Crippen molar-refractivity contribution in [3.8, 4) is 0 Å². The monoisotopic (exact) mass is 402 g/mol. The molecular weight excluding hydrogens is 374 g/mol. The molecule has 0 bridgehead atoms. The minimum Gasteiger partial charge on any atom is -0.426 e. The van der Waals surface area contributed by atoms with E-state index in [2.05, 4.69) is 29.6 Å². The Morgan fingerprint density at radius 3 is 2.58 bits per heavy atom. The second kappa shape index (κ2) is 11.1. The van der Waals surface area contributed by atoms with Crippen LogP contribution in [-0.4, -0.2) is 53.0 Å². The molecule has 1 saturated carbocycles. The number of benzene rings is 1. The average molecular weight is 403 g/mol. The molecule has 3 N–H and O–H groups in total. The van der Waals surface area contributed by atoms with Crippen molar-refractivity contribution in [1.82, 2.24) is 10.2 Å². The van der Waals surface area contributed by atoms with Crippen LogP contribution in [0.25, 0.3) is 0 Å². The molecule has 0 radical (unpaired) electrons. The Morgan fingerprint density at radius 1 is 1.15 bits per heavy atom. The molecule has 1 aliphatic heterocycles. The van der Waals surface area contributed by atoms with Crippen LogP contribution >= 0.6 is 24.8 Å². The number of nitrogens with zero attached hydrogens (tertiary/aromatic N) is 1. The summed E-state index contributed by atoms with van der Waals surface area (Å²) in [5.41, 5.74) is 1.39. The zero-order valence-electron chi connectivity index (χ0n) is 14.9. The third kappa shape index (κ3) is 6.13. The summed E-state index contributed by atoms with van der Waals surface area (Å²) < 4.78 is 0. The molecule has 0 aromatic heterocycles. The average Bonchev–Trinajstić information content (AvgIpc) is 3.23. The molecular formula is C18H29BCl2N2O3. The summed E-state index contributed by atoms with van der Waals surface area (Å²) in [6.45, 7) is 0.927. The quantitative estimate of drug-likeness (QED) is 0.634. The van der Waals surface area contributed by atoms with Crippen molar-refractivity contribution in [1.29, 1.82) is 0 Å². The Labute approximate surface area is 168 Å². The zero-order valence-corrected chi connectivity index (χ0v) is 16.6. The molecule has 2 aliphatic rings. The minimum atomic E-state index is -1.43. The van der Waals surface area contributed by atoms with Crippen LogP contribution in [0.3, 0.4) is 0 Å². The van der Waals surface area contributed by atoms with E-state index < -0.39 is 13.1 Å². The van der Waals surface area contributed by atoms with E-state index in [9.17, 15) is 14.8 Å². The zero-order chi connectivity index (χ0) is 16.9. The number of likely N-dealkylation sites (tertiary alicyclic amines) is 1. The highest BCUT2D eigenvalue weighted by molar-refractivity contribution is 6.43. The van der Waals surface area contributed by atoms with Crippen LogP contribution in [0.1, 0.15) is 37.7 Å². The number of hydrogen-bond donors (Lipinski definition) is 3. The first-order valence-electron chi connectivity index (χ1n) is 9.06. The lowest BCUT2D eigenvalue weighted by Gasteiger charge is -2.25. The van der Waals surface area contributed by atoms with Gasteiger partial charge in [-0.15, -0.1) is 24.8 Å². The van der Waals surface area contributed by atoms with Crippen molar-refractivity contribution >= 4 is 37.8 Å². The van der Waals surface area contributed by atoms with E-state index >= 15 is 0 Å². The lowest BCUT2D eigenvalue weighted by Crippen LogP contribution is -2.49. The van der Waals surface area contributed by atoms with Gasteiger partial charge in [0.1, 0.15) is 0 Å². The van der Waals surface area contributed by atoms with Gasteiger partial charge in [0.2, 0.25) is 5.91 Å². The van der Waals surface area contributed by atoms with Gasteiger partial charge in [-0.3, -0.25) is 4.79 Å². The highest BCUT2D eigenvalue weighted by Crippen LogP contribution is 2.28. The fourth-order valence-corrected chi connectivity index (χ4v) is 4.14. The molecule has 3 rings (SSSR count). The minimum absolute atomic E-state index is 0. The molecule has 1 amide bonds. The second-order valence-corrected chi connectivity index (χ2v) is 7.16. The molecule has 1 heterocycles. The molecule has 1 aromatic rings. The maximum Gasteiger partial charge on any atom is 0.475 e. The molecule has 26 heavy (non-hydrogen) atoms. The summed E-state index contributed by atoms with van der Waals surface area (Å²) >= 11 is 0. The molecule has 1 unspecified atom stereocenters. The van der Waals surface area contributed by atoms with E-state index in [1.165, 1.54) is 12.0 Å². The maximum absolute atomic E-state index is 12.3. The van der Waals surface area contributed by atoms with Crippen molar-refractivity contribution < 1.29 is 14.8 Å². The first-order valence-corrected chi connectivity index (χ1v) is 9.06. The first-order chi connectivity index (χ1) is 11.6. The summed E-state index contributed by atoms with van der Waals surface area (Å²) in [6.07, 6.45) is 6.04. The number of rotatable bonds is 6. The van der Waals surface area contributed by atoms with Gasteiger partial charge >= 0.3 is 7.12 Å². The number of carbonyl (C=O) groups excluding carboxylic acids is 1. The van der Waals surface area contributed by atoms with Crippen LogP contribution in [0.15, 0.2) is 30.3 Å². The highest BCUT2D eigenvalue weighted by Gasteiger charge is 2.36. The van der Waals surface area contributed by atoms with E-state index in [-0.39, 0.29) is 30.7 Å². The van der Waals surface area contributed by atoms with Crippen LogP contribution in [0.5, 0.6) is 0 Å². The Hall–Kier alpha value is -0.785. The molecule has 1 saturated heterocycles. The molecule has 0 spiro atoms. The molecule has 1 aliphatic carbocycles. The molecule has 5 nitrogen and oxygen atoms in total. The number of nitrogens with one attached hydrogen (secondary N) is 1. The van der Waals surface area contributed by atoms with Crippen molar-refractivity contribution in [3.63, 3.8) is 0 Å². The fraction of sp³-hybridized carbons (Fsp3) is 0.611. The first kappa shape index (κ1) is 23.3. The van der Waals surface area contributed by atoms with Crippen molar-refractivity contribution in [2.75, 3.05) is 13.1 Å². The summed E-state index contributed by atoms with van der Waals surface area (Å²) in [4.78, 5) is 13.9. The van der Waals surface area contributed by atoms with E-state index in [4.69, 9.17) is 0 Å². The van der Waals surface area contributed by atoms with Crippen LogP contribution < -0.4 is 5.32 Å². The van der Waals surface area contributed by atoms with Gasteiger partial charge in [-0.25, -0.2) is 0 Å². The summed E-state index contributed by atoms with van der Waals surface area (Å²) in [6, 6.07) is 11.0. The predicted molar refractivity (Wildman–Crippen MR) is 109 cm³/mol. The van der Waals surface area contributed by atoms with Crippen molar-refractivity contribution in [2.45, 2.75) is 50.5 Å². The Morgan fingerprint density at radius 2 is 1.88 bits per heavy atom. The summed E-state index contributed by atoms with van der Waals surface area (Å²) in [7, 11) is -1.43. The molecule has 146 valence electrons. The van der Waals surface area contributed by atoms with Crippen LogP contribution in [-0.2, 0) is 11.2 Å². The largest absolute Gasteiger partial charge is 0.475 e. The molecule has 1 aromatic carbocycles. The lowest BCUT2D eigenvalue weighted by atomic mass is 9.78. The van der Waals surface area contributed by atoms with E-state index in [0.717, 1.165) is 25.7 Å². The highest BCUT2D eigenvalue weighted by atomic mass is 35.5. The van der Waals surface area contributed by atoms with E-state index in [1.807, 2.05) is 6.07 Å². The number of carbonyl (C=O) groups is 1. The second-order valence-electron chi connectivity index (χ2n) is 7.16. The van der Waals surface area contributed by atoms with Crippen LogP contribution in [0.4, 0.5) is 0 Å². The Balaban J connectivity index is 0.00000169. The Kier molecular flexibility index (Phi) is 9.97. The predicted octanol–water partition coefficient (Wildman–Crippen LogP) is 1.83.